The number of halogens is 4. The minimum absolute atomic E-state index is 0.314. The van der Waals surface area contributed by atoms with Crippen molar-refractivity contribution in [3.8, 4) is 0 Å². The van der Waals surface area contributed by atoms with E-state index < -0.39 is 42.7 Å². The Labute approximate surface area is 153 Å². The lowest BCUT2D eigenvalue weighted by molar-refractivity contribution is -0.164. The van der Waals surface area contributed by atoms with E-state index in [9.17, 15) is 22.4 Å². The molecule has 0 aromatic rings. The fraction of sp³-hybridized carbons (Fsp3) is 0.950. The molecule has 3 rings (SSSR count). The number of carbonyl (C=O) groups is 1. The Balaban J connectivity index is 1.49. The summed E-state index contributed by atoms with van der Waals surface area (Å²) in [5.41, 5.74) is 0. The van der Waals surface area contributed by atoms with Crippen LogP contribution >= 0.6 is 0 Å². The molecule has 0 N–H and O–H groups in total. The van der Waals surface area contributed by atoms with Crippen molar-refractivity contribution in [2.75, 3.05) is 0 Å². The van der Waals surface area contributed by atoms with Gasteiger partial charge in [-0.2, -0.15) is 0 Å². The highest BCUT2D eigenvalue weighted by molar-refractivity contribution is 5.73. The summed E-state index contributed by atoms with van der Waals surface area (Å²) >= 11 is 0. The number of esters is 1. The van der Waals surface area contributed by atoms with Crippen LogP contribution in [0.5, 0.6) is 0 Å². The van der Waals surface area contributed by atoms with Crippen molar-refractivity contribution >= 4 is 5.97 Å². The summed E-state index contributed by atoms with van der Waals surface area (Å²) in [4.78, 5) is 12.3. The van der Waals surface area contributed by atoms with Gasteiger partial charge in [0.1, 0.15) is 24.6 Å². The zero-order chi connectivity index (χ0) is 18.8. The minimum Gasteiger partial charge on any atom is -0.462 e. The predicted octanol–water partition coefficient (Wildman–Crippen LogP) is 5.29. The first-order valence-corrected chi connectivity index (χ1v) is 10.1. The highest BCUT2D eigenvalue weighted by Gasteiger charge is 2.43. The van der Waals surface area contributed by atoms with E-state index in [2.05, 4.69) is 6.92 Å². The second-order valence-electron chi connectivity index (χ2n) is 8.72. The average Bonchev–Trinajstić information content (AvgIpc) is 2.60. The zero-order valence-electron chi connectivity index (χ0n) is 15.4. The molecule has 0 aromatic heterocycles. The van der Waals surface area contributed by atoms with Crippen LogP contribution in [0.15, 0.2) is 0 Å². The average molecular weight is 378 g/mol. The highest BCUT2D eigenvalue weighted by atomic mass is 19.2. The van der Waals surface area contributed by atoms with E-state index in [1.807, 2.05) is 0 Å². The lowest BCUT2D eigenvalue weighted by atomic mass is 9.69. The number of alkyl halides is 4. The molecule has 0 heterocycles. The van der Waals surface area contributed by atoms with E-state index in [0.29, 0.717) is 24.7 Å². The van der Waals surface area contributed by atoms with E-state index in [4.69, 9.17) is 4.74 Å². The van der Waals surface area contributed by atoms with E-state index in [1.165, 1.54) is 12.8 Å². The maximum absolute atomic E-state index is 14.6. The third-order valence-electron chi connectivity index (χ3n) is 6.79. The third kappa shape index (κ3) is 4.53. The monoisotopic (exact) mass is 378 g/mol. The fourth-order valence-corrected chi connectivity index (χ4v) is 5.03. The molecule has 26 heavy (non-hydrogen) atoms. The first kappa shape index (κ1) is 19.9. The van der Waals surface area contributed by atoms with Gasteiger partial charge in [-0.1, -0.05) is 19.8 Å². The normalized spacial score (nSPS) is 47.3. The molecule has 5 unspecified atom stereocenters. The van der Waals surface area contributed by atoms with Crippen molar-refractivity contribution < 1.29 is 27.1 Å². The van der Waals surface area contributed by atoms with Gasteiger partial charge in [0.25, 0.3) is 0 Å². The van der Waals surface area contributed by atoms with Crippen LogP contribution in [0.3, 0.4) is 0 Å². The number of hydrogen-bond acceptors (Lipinski definition) is 2. The zero-order valence-corrected chi connectivity index (χ0v) is 15.4. The molecule has 0 bridgehead atoms. The Bertz CT molecular complexity index is 468. The molecule has 0 amide bonds. The molecule has 5 atom stereocenters. The van der Waals surface area contributed by atoms with Crippen molar-refractivity contribution in [3.05, 3.63) is 0 Å². The van der Waals surface area contributed by atoms with Crippen LogP contribution < -0.4 is 0 Å². The van der Waals surface area contributed by atoms with Crippen LogP contribution in [0.4, 0.5) is 17.6 Å². The Kier molecular flexibility index (Phi) is 6.50. The molecule has 3 fully saturated rings. The standard InChI is InChI=1S/C20H30F4O2/c1-11-2-4-12(5-3-11)13-6-7-15(16(21)8-13)20(25)26-14-9-17(22)19(24)18(23)10-14/h11-19H,2-10H2,1H3. The molecule has 0 spiro atoms. The summed E-state index contributed by atoms with van der Waals surface area (Å²) < 4.78 is 59.9. The molecule has 6 heteroatoms. The SMILES string of the molecule is CC1CCC(C2CCC(C(=O)OC3CC(F)C(F)C(F)C3)C(F)C2)CC1. The van der Waals surface area contributed by atoms with Gasteiger partial charge in [-0.15, -0.1) is 0 Å². The molecule has 2 nitrogen and oxygen atoms in total. The van der Waals surface area contributed by atoms with Crippen molar-refractivity contribution in [2.45, 2.75) is 95.5 Å². The van der Waals surface area contributed by atoms with Crippen molar-refractivity contribution in [3.63, 3.8) is 0 Å². The Morgan fingerprint density at radius 2 is 1.35 bits per heavy atom. The second-order valence-corrected chi connectivity index (χ2v) is 8.72. The summed E-state index contributed by atoms with van der Waals surface area (Å²) in [7, 11) is 0. The van der Waals surface area contributed by atoms with Crippen LogP contribution in [-0.2, 0) is 9.53 Å². The molecule has 3 saturated carbocycles. The van der Waals surface area contributed by atoms with Gasteiger partial charge in [-0.25, -0.2) is 17.6 Å². The lowest BCUT2D eigenvalue weighted by Crippen LogP contribution is -2.43. The van der Waals surface area contributed by atoms with Gasteiger partial charge in [-0.05, 0) is 49.9 Å². The van der Waals surface area contributed by atoms with E-state index in [-0.39, 0.29) is 12.8 Å². The summed E-state index contributed by atoms with van der Waals surface area (Å²) in [6, 6.07) is 0. The smallest absolute Gasteiger partial charge is 0.312 e. The second kappa shape index (κ2) is 8.47. The first-order chi connectivity index (χ1) is 12.3. The summed E-state index contributed by atoms with van der Waals surface area (Å²) in [5.74, 6) is 0.0366. The van der Waals surface area contributed by atoms with Crippen molar-refractivity contribution in [2.24, 2.45) is 23.7 Å². The van der Waals surface area contributed by atoms with E-state index in [0.717, 1.165) is 25.2 Å². The molecule has 3 aliphatic carbocycles. The van der Waals surface area contributed by atoms with Crippen LogP contribution in [0, 0.1) is 23.7 Å². The molecule has 150 valence electrons. The van der Waals surface area contributed by atoms with Gasteiger partial charge in [-0.3, -0.25) is 4.79 Å². The number of rotatable bonds is 3. The van der Waals surface area contributed by atoms with Gasteiger partial charge < -0.3 is 4.74 Å². The molecular formula is C20H30F4O2. The number of carbonyl (C=O) groups excluding carboxylic acids is 1. The summed E-state index contributed by atoms with van der Waals surface area (Å²) in [5, 5.41) is 0. The van der Waals surface area contributed by atoms with Crippen LogP contribution in [0.2, 0.25) is 0 Å². The molecule has 0 aliphatic heterocycles. The molecule has 0 saturated heterocycles. The van der Waals surface area contributed by atoms with Gasteiger partial charge in [0.2, 0.25) is 0 Å². The molecule has 0 aromatic carbocycles. The lowest BCUT2D eigenvalue weighted by Gasteiger charge is -2.38. The molecule has 0 radical (unpaired) electrons. The topological polar surface area (TPSA) is 26.3 Å². The molecular weight excluding hydrogens is 348 g/mol. The Hall–Kier alpha value is -0.810. The van der Waals surface area contributed by atoms with Crippen LogP contribution in [-0.4, -0.2) is 36.8 Å². The van der Waals surface area contributed by atoms with Crippen LogP contribution in [0.1, 0.15) is 64.7 Å². The van der Waals surface area contributed by atoms with E-state index in [1.54, 1.807) is 0 Å². The maximum Gasteiger partial charge on any atom is 0.312 e. The van der Waals surface area contributed by atoms with Gasteiger partial charge in [0, 0.05) is 12.8 Å². The van der Waals surface area contributed by atoms with Gasteiger partial charge in [0.15, 0.2) is 6.17 Å². The Morgan fingerprint density at radius 1 is 0.769 bits per heavy atom. The van der Waals surface area contributed by atoms with Crippen molar-refractivity contribution in [1.29, 1.82) is 0 Å². The van der Waals surface area contributed by atoms with E-state index >= 15 is 0 Å². The quantitative estimate of drug-likeness (QED) is 0.493. The van der Waals surface area contributed by atoms with Gasteiger partial charge in [0.05, 0.1) is 5.92 Å². The highest BCUT2D eigenvalue weighted by Crippen LogP contribution is 2.42. The summed E-state index contributed by atoms with van der Waals surface area (Å²) in [6.07, 6.45) is -2.81. The number of ether oxygens (including phenoxy) is 1. The van der Waals surface area contributed by atoms with Crippen molar-refractivity contribution in [1.82, 2.24) is 0 Å². The molecule has 3 aliphatic rings. The van der Waals surface area contributed by atoms with Crippen LogP contribution in [0.25, 0.3) is 0 Å². The van der Waals surface area contributed by atoms with Gasteiger partial charge >= 0.3 is 5.97 Å². The fourth-order valence-electron chi connectivity index (χ4n) is 5.03. The first-order valence-electron chi connectivity index (χ1n) is 10.1. The number of hydrogen-bond donors (Lipinski definition) is 0. The third-order valence-corrected chi connectivity index (χ3v) is 6.79. The minimum atomic E-state index is -2.16. The predicted molar refractivity (Wildman–Crippen MR) is 90.7 cm³/mol. The largest absolute Gasteiger partial charge is 0.462 e. The maximum atomic E-state index is 14.6. The summed E-state index contributed by atoms with van der Waals surface area (Å²) in [6.45, 7) is 2.25. The Morgan fingerprint density at radius 3 is 1.92 bits per heavy atom.